The molecule has 8 heteroatoms. The molecule has 4 aromatic rings. The zero-order valence-electron chi connectivity index (χ0n) is 22.3. The number of pyridine rings is 1. The number of aromatic amines is 1. The van der Waals surface area contributed by atoms with Crippen molar-refractivity contribution >= 4 is 34.1 Å². The second kappa shape index (κ2) is 11.0. The Morgan fingerprint density at radius 1 is 1.03 bits per heavy atom. The monoisotopic (exact) mass is 524 g/mol. The van der Waals surface area contributed by atoms with Gasteiger partial charge in [-0.1, -0.05) is 43.3 Å². The lowest BCUT2D eigenvalue weighted by Gasteiger charge is -2.29. The van der Waals surface area contributed by atoms with Gasteiger partial charge in [0.15, 0.2) is 0 Å². The number of carbonyl (C=O) groups excluding carboxylic acids is 2. The molecule has 3 heterocycles. The molecule has 2 aliphatic rings. The number of hydrogen-bond acceptors (Lipinski definition) is 5. The Morgan fingerprint density at radius 3 is 2.67 bits per heavy atom. The maximum atomic E-state index is 14.1. The number of amides is 2. The Hall–Kier alpha value is -4.59. The second-order valence-electron chi connectivity index (χ2n) is 9.98. The van der Waals surface area contributed by atoms with E-state index in [4.69, 9.17) is 4.74 Å². The van der Waals surface area contributed by atoms with Crippen molar-refractivity contribution in [2.45, 2.75) is 39.3 Å². The van der Waals surface area contributed by atoms with Gasteiger partial charge in [-0.25, -0.2) is 4.79 Å². The Labute approximate surface area is 227 Å². The molecule has 0 aliphatic carbocycles. The van der Waals surface area contributed by atoms with Gasteiger partial charge in [-0.15, -0.1) is 0 Å². The van der Waals surface area contributed by atoms with Crippen LogP contribution in [0.5, 0.6) is 0 Å². The first-order valence-electron chi connectivity index (χ1n) is 13.1. The molecule has 0 saturated heterocycles. The van der Waals surface area contributed by atoms with E-state index in [0.717, 1.165) is 27.6 Å². The first-order chi connectivity index (χ1) is 18.8. The van der Waals surface area contributed by atoms with Crippen LogP contribution in [0.1, 0.15) is 48.1 Å². The van der Waals surface area contributed by atoms with Crippen LogP contribution in [0.15, 0.2) is 77.7 Å². The van der Waals surface area contributed by atoms with Crippen LogP contribution in [0.25, 0.3) is 10.8 Å². The zero-order valence-corrected chi connectivity index (χ0v) is 22.3. The van der Waals surface area contributed by atoms with Crippen LogP contribution in [0.4, 0.5) is 16.2 Å². The highest BCUT2D eigenvalue weighted by atomic mass is 16.5. The zero-order chi connectivity index (χ0) is 27.5. The van der Waals surface area contributed by atoms with Gasteiger partial charge in [-0.2, -0.15) is 0 Å². The molecule has 0 saturated carbocycles. The smallest absolute Gasteiger partial charge is 0.411 e. The lowest BCUT2D eigenvalue weighted by atomic mass is 9.92. The second-order valence-corrected chi connectivity index (χ2v) is 9.98. The molecule has 8 nitrogen and oxygen atoms in total. The van der Waals surface area contributed by atoms with E-state index < -0.39 is 12.1 Å². The number of benzene rings is 3. The number of anilines is 2. The topological polar surface area (TPSA) is 104 Å². The lowest BCUT2D eigenvalue weighted by Crippen LogP contribution is -2.37. The molecule has 2 atom stereocenters. The number of nitrogens with zero attached hydrogens (tertiary/aromatic N) is 1. The third-order valence-electron chi connectivity index (χ3n) is 7.20. The number of carbonyl (C=O) groups is 2. The van der Waals surface area contributed by atoms with E-state index in [-0.39, 0.29) is 24.0 Å². The maximum absolute atomic E-state index is 14.1. The highest BCUT2D eigenvalue weighted by Crippen LogP contribution is 2.29. The fraction of sp³-hybridized carbons (Fsp3) is 0.258. The summed E-state index contributed by atoms with van der Waals surface area (Å²) in [4.78, 5) is 43.5. The van der Waals surface area contributed by atoms with Crippen molar-refractivity contribution < 1.29 is 14.3 Å². The van der Waals surface area contributed by atoms with E-state index in [1.807, 2.05) is 75.4 Å². The Bertz CT molecular complexity index is 1600. The summed E-state index contributed by atoms with van der Waals surface area (Å²) >= 11 is 0. The maximum Gasteiger partial charge on any atom is 0.411 e. The molecular formula is C31H32N4O4. The normalized spacial score (nSPS) is 18.1. The Balaban J connectivity index is 1.58. The lowest BCUT2D eigenvalue weighted by molar-refractivity contribution is -0.132. The number of nitrogens with one attached hydrogen (secondary N) is 3. The third kappa shape index (κ3) is 5.65. The minimum Gasteiger partial charge on any atom is -0.449 e. The van der Waals surface area contributed by atoms with Gasteiger partial charge in [-0.3, -0.25) is 14.9 Å². The van der Waals surface area contributed by atoms with Gasteiger partial charge in [0.25, 0.3) is 5.56 Å². The van der Waals surface area contributed by atoms with Crippen LogP contribution >= 0.6 is 0 Å². The molecule has 0 fully saturated rings. The molecule has 200 valence electrons. The van der Waals surface area contributed by atoms with Gasteiger partial charge in [0, 0.05) is 42.0 Å². The fourth-order valence-electron chi connectivity index (χ4n) is 5.10. The summed E-state index contributed by atoms with van der Waals surface area (Å²) in [5.74, 6) is -0.130. The quantitative estimate of drug-likeness (QED) is 0.319. The molecule has 6 rings (SSSR count). The molecule has 3 aromatic carbocycles. The third-order valence-corrected chi connectivity index (χ3v) is 7.20. The molecule has 0 unspecified atom stereocenters. The van der Waals surface area contributed by atoms with Crippen molar-refractivity contribution in [3.05, 3.63) is 106 Å². The molecule has 1 aromatic heterocycles. The van der Waals surface area contributed by atoms with E-state index in [1.54, 1.807) is 23.2 Å². The van der Waals surface area contributed by atoms with Gasteiger partial charge < -0.3 is 19.9 Å². The number of H-pyrrole nitrogens is 1. The van der Waals surface area contributed by atoms with Crippen molar-refractivity contribution in [2.24, 2.45) is 0 Å². The number of hydrogen-bond donors (Lipinski definition) is 3. The van der Waals surface area contributed by atoms with Gasteiger partial charge in [0.1, 0.15) is 6.04 Å². The van der Waals surface area contributed by atoms with Crippen molar-refractivity contribution in [3.63, 3.8) is 0 Å². The van der Waals surface area contributed by atoms with Gasteiger partial charge >= 0.3 is 6.09 Å². The summed E-state index contributed by atoms with van der Waals surface area (Å²) in [5, 5.41) is 7.59. The first-order valence-corrected chi connectivity index (χ1v) is 13.1. The number of likely N-dealkylation sites (N-methyl/N-ethyl adjacent to an activating group) is 1. The van der Waals surface area contributed by atoms with Crippen LogP contribution in [-0.2, 0) is 16.1 Å². The molecule has 0 radical (unpaired) electrons. The summed E-state index contributed by atoms with van der Waals surface area (Å²) in [5.41, 5.74) is 4.83. The van der Waals surface area contributed by atoms with E-state index in [2.05, 4.69) is 15.6 Å². The summed E-state index contributed by atoms with van der Waals surface area (Å²) in [6.45, 7) is 7.02. The molecule has 2 aliphatic heterocycles. The van der Waals surface area contributed by atoms with Gasteiger partial charge in [-0.05, 0) is 71.8 Å². The molecule has 0 spiro atoms. The Kier molecular flexibility index (Phi) is 7.36. The average molecular weight is 525 g/mol. The number of aromatic nitrogens is 1. The highest BCUT2D eigenvalue weighted by molar-refractivity contribution is 5.89. The molecule has 2 amide bonds. The van der Waals surface area contributed by atoms with Crippen molar-refractivity contribution in [1.29, 1.82) is 0 Å². The molecule has 39 heavy (non-hydrogen) atoms. The summed E-state index contributed by atoms with van der Waals surface area (Å²) in [7, 11) is 0. The van der Waals surface area contributed by atoms with E-state index in [0.29, 0.717) is 29.9 Å². The van der Waals surface area contributed by atoms with Gasteiger partial charge in [0.05, 0.1) is 6.61 Å². The van der Waals surface area contributed by atoms with Crippen molar-refractivity contribution in [3.8, 4) is 0 Å². The van der Waals surface area contributed by atoms with Gasteiger partial charge in [0.2, 0.25) is 5.91 Å². The highest BCUT2D eigenvalue weighted by Gasteiger charge is 2.27. The largest absolute Gasteiger partial charge is 0.449 e. The van der Waals surface area contributed by atoms with Crippen molar-refractivity contribution in [1.82, 2.24) is 9.88 Å². The number of rotatable bonds is 3. The number of fused-ring (bicyclic) bond motifs is 10. The molecular weight excluding hydrogens is 492 g/mol. The van der Waals surface area contributed by atoms with Crippen LogP contribution in [0, 0.1) is 6.92 Å². The van der Waals surface area contributed by atoms with E-state index in [1.165, 1.54) is 0 Å². The molecule has 3 N–H and O–H groups in total. The van der Waals surface area contributed by atoms with Crippen LogP contribution in [-0.4, -0.2) is 35.0 Å². The predicted molar refractivity (Wildman–Crippen MR) is 153 cm³/mol. The van der Waals surface area contributed by atoms with E-state index in [9.17, 15) is 14.4 Å². The summed E-state index contributed by atoms with van der Waals surface area (Å²) in [6.07, 6.45) is 1.11. The summed E-state index contributed by atoms with van der Waals surface area (Å²) < 4.78 is 5.51. The number of aryl methyl sites for hydroxylation is 1. The Morgan fingerprint density at radius 2 is 1.87 bits per heavy atom. The standard InChI is InChI=1S/C31H32N4O4/c1-4-35-17-21-6-5-7-24(15-21)34-31(38)39-18-20(3)26-11-9-23(14-19(26)2)28(30(35)37)33-25-10-8-22-12-13-32-29(36)27(22)16-25/h5-16,20,28,33H,4,17-18H2,1-3H3,(H,32,36)(H,34,38)/t20-,28+/m0/s1. The fourth-order valence-corrected chi connectivity index (χ4v) is 5.10. The van der Waals surface area contributed by atoms with E-state index >= 15 is 0 Å². The van der Waals surface area contributed by atoms with Crippen molar-refractivity contribution in [2.75, 3.05) is 23.8 Å². The SMILES string of the molecule is CCN1Cc2cccc(c2)NC(=O)OC[C@H](C)c2ccc(cc2C)[C@@H](Nc2ccc3cc[nH]c(=O)c3c2)C1=O. The predicted octanol–water partition coefficient (Wildman–Crippen LogP) is 5.70. The molecule has 4 bridgehead atoms. The van der Waals surface area contributed by atoms with Crippen LogP contribution in [0.2, 0.25) is 0 Å². The minimum atomic E-state index is -0.680. The number of ether oxygens (including phenoxy) is 1. The van der Waals surface area contributed by atoms with Crippen LogP contribution < -0.4 is 16.2 Å². The minimum absolute atomic E-state index is 0.0366. The van der Waals surface area contributed by atoms with Crippen LogP contribution in [0.3, 0.4) is 0 Å². The summed E-state index contributed by atoms with van der Waals surface area (Å²) in [6, 6.07) is 20.1. The average Bonchev–Trinajstić information content (AvgIpc) is 2.93. The first kappa shape index (κ1) is 26.0.